The summed E-state index contributed by atoms with van der Waals surface area (Å²) < 4.78 is 10.9. The highest BCUT2D eigenvalue weighted by Gasteiger charge is 2.06. The van der Waals surface area contributed by atoms with Gasteiger partial charge < -0.3 is 14.5 Å². The Hall–Kier alpha value is -2.46. The van der Waals surface area contributed by atoms with Crippen LogP contribution in [0.1, 0.15) is 5.89 Å². The van der Waals surface area contributed by atoms with Gasteiger partial charge in [0.1, 0.15) is 5.75 Å². The summed E-state index contributed by atoms with van der Waals surface area (Å²) in [6.07, 6.45) is 1.72. The SMILES string of the molecule is COc1ccc(NCc2ncc(-c3ccc(Cl)cc3)o2)cc1. The summed E-state index contributed by atoms with van der Waals surface area (Å²) in [5.41, 5.74) is 1.93. The van der Waals surface area contributed by atoms with E-state index in [1.165, 1.54) is 0 Å². The van der Waals surface area contributed by atoms with E-state index < -0.39 is 0 Å². The molecular weight excluding hydrogens is 300 g/mol. The normalized spacial score (nSPS) is 10.5. The molecule has 1 N–H and O–H groups in total. The minimum Gasteiger partial charge on any atom is -0.497 e. The quantitative estimate of drug-likeness (QED) is 0.746. The van der Waals surface area contributed by atoms with Crippen LogP contribution in [0, 0.1) is 0 Å². The second-order valence-corrected chi connectivity index (χ2v) is 5.14. The first-order valence-electron chi connectivity index (χ1n) is 6.83. The number of nitrogens with one attached hydrogen (secondary N) is 1. The van der Waals surface area contributed by atoms with Gasteiger partial charge in [-0.3, -0.25) is 0 Å². The molecule has 22 heavy (non-hydrogen) atoms. The number of ether oxygens (including phenoxy) is 1. The minimum atomic E-state index is 0.514. The molecule has 0 aliphatic carbocycles. The largest absolute Gasteiger partial charge is 0.497 e. The monoisotopic (exact) mass is 314 g/mol. The van der Waals surface area contributed by atoms with Crippen molar-refractivity contribution in [3.8, 4) is 17.1 Å². The summed E-state index contributed by atoms with van der Waals surface area (Å²) in [5.74, 6) is 2.18. The van der Waals surface area contributed by atoms with E-state index in [0.29, 0.717) is 17.5 Å². The Labute approximate surface area is 133 Å². The zero-order valence-electron chi connectivity index (χ0n) is 12.0. The number of anilines is 1. The summed E-state index contributed by atoms with van der Waals surface area (Å²) in [6, 6.07) is 15.2. The molecule has 112 valence electrons. The fraction of sp³-hybridized carbons (Fsp3) is 0.118. The van der Waals surface area contributed by atoms with E-state index in [2.05, 4.69) is 10.3 Å². The molecule has 1 aromatic heterocycles. The maximum absolute atomic E-state index is 5.88. The van der Waals surface area contributed by atoms with Gasteiger partial charge in [0.15, 0.2) is 5.76 Å². The van der Waals surface area contributed by atoms with Crippen molar-refractivity contribution in [3.63, 3.8) is 0 Å². The molecule has 0 aliphatic heterocycles. The Bertz CT molecular complexity index is 736. The molecule has 0 saturated heterocycles. The first kappa shape index (κ1) is 14.5. The Morgan fingerprint density at radius 1 is 1.09 bits per heavy atom. The molecule has 2 aromatic carbocycles. The van der Waals surface area contributed by atoms with E-state index in [-0.39, 0.29) is 0 Å². The van der Waals surface area contributed by atoms with Gasteiger partial charge in [-0.15, -0.1) is 0 Å². The molecule has 0 amide bonds. The van der Waals surface area contributed by atoms with Crippen LogP contribution < -0.4 is 10.1 Å². The minimum absolute atomic E-state index is 0.514. The van der Waals surface area contributed by atoms with Crippen LogP contribution in [-0.2, 0) is 6.54 Å². The molecule has 4 nitrogen and oxygen atoms in total. The van der Waals surface area contributed by atoms with Crippen molar-refractivity contribution < 1.29 is 9.15 Å². The van der Waals surface area contributed by atoms with Crippen LogP contribution in [0.25, 0.3) is 11.3 Å². The van der Waals surface area contributed by atoms with Gasteiger partial charge >= 0.3 is 0 Å². The number of hydrogen-bond donors (Lipinski definition) is 1. The molecule has 1 heterocycles. The van der Waals surface area contributed by atoms with Gasteiger partial charge in [-0.1, -0.05) is 11.6 Å². The number of halogens is 1. The van der Waals surface area contributed by atoms with Gasteiger partial charge in [-0.05, 0) is 48.5 Å². The molecule has 0 spiro atoms. The zero-order valence-corrected chi connectivity index (χ0v) is 12.8. The number of aromatic nitrogens is 1. The third kappa shape index (κ3) is 3.40. The van der Waals surface area contributed by atoms with Crippen LogP contribution in [0.3, 0.4) is 0 Å². The predicted octanol–water partition coefficient (Wildman–Crippen LogP) is 4.62. The lowest BCUT2D eigenvalue weighted by Gasteiger charge is -2.05. The highest BCUT2D eigenvalue weighted by Crippen LogP contribution is 2.23. The van der Waals surface area contributed by atoms with Gasteiger partial charge in [0, 0.05) is 16.3 Å². The third-order valence-electron chi connectivity index (χ3n) is 3.22. The van der Waals surface area contributed by atoms with Crippen LogP contribution in [0.2, 0.25) is 5.02 Å². The molecule has 0 unspecified atom stereocenters. The van der Waals surface area contributed by atoms with Crippen LogP contribution in [0.15, 0.2) is 59.1 Å². The van der Waals surface area contributed by atoms with Crippen molar-refractivity contribution in [3.05, 3.63) is 65.6 Å². The molecule has 0 aliphatic rings. The third-order valence-corrected chi connectivity index (χ3v) is 3.47. The molecule has 0 bridgehead atoms. The van der Waals surface area contributed by atoms with Crippen molar-refractivity contribution in [2.45, 2.75) is 6.54 Å². The number of oxazole rings is 1. The van der Waals surface area contributed by atoms with E-state index in [0.717, 1.165) is 22.8 Å². The van der Waals surface area contributed by atoms with Gasteiger partial charge in [0.05, 0.1) is 19.9 Å². The van der Waals surface area contributed by atoms with E-state index >= 15 is 0 Å². The fourth-order valence-electron chi connectivity index (χ4n) is 2.03. The smallest absolute Gasteiger partial charge is 0.214 e. The Morgan fingerprint density at radius 3 is 2.50 bits per heavy atom. The van der Waals surface area contributed by atoms with E-state index in [4.69, 9.17) is 20.8 Å². The summed E-state index contributed by atoms with van der Waals surface area (Å²) in [4.78, 5) is 4.28. The van der Waals surface area contributed by atoms with Crippen molar-refractivity contribution in [2.75, 3.05) is 12.4 Å². The van der Waals surface area contributed by atoms with Gasteiger partial charge in [0.25, 0.3) is 0 Å². The zero-order chi connectivity index (χ0) is 15.4. The summed E-state index contributed by atoms with van der Waals surface area (Å²) in [5, 5.41) is 3.95. The van der Waals surface area contributed by atoms with Crippen molar-refractivity contribution in [2.24, 2.45) is 0 Å². The average molecular weight is 315 g/mol. The number of methoxy groups -OCH3 is 1. The molecule has 0 radical (unpaired) electrons. The van der Waals surface area contributed by atoms with Crippen LogP contribution in [0.4, 0.5) is 5.69 Å². The number of benzene rings is 2. The molecule has 5 heteroatoms. The first-order valence-corrected chi connectivity index (χ1v) is 7.21. The molecule has 3 aromatic rings. The van der Waals surface area contributed by atoms with Gasteiger partial charge in [-0.25, -0.2) is 4.98 Å². The fourth-order valence-corrected chi connectivity index (χ4v) is 2.15. The topological polar surface area (TPSA) is 47.3 Å². The Morgan fingerprint density at radius 2 is 1.82 bits per heavy atom. The maximum atomic E-state index is 5.88. The van der Waals surface area contributed by atoms with Crippen molar-refractivity contribution >= 4 is 17.3 Å². The van der Waals surface area contributed by atoms with Crippen LogP contribution in [-0.4, -0.2) is 12.1 Å². The molecule has 3 rings (SSSR count). The molecular formula is C17H15ClN2O2. The molecule has 0 atom stereocenters. The van der Waals surface area contributed by atoms with Crippen LogP contribution in [0.5, 0.6) is 5.75 Å². The first-order chi connectivity index (χ1) is 10.7. The summed E-state index contributed by atoms with van der Waals surface area (Å²) >= 11 is 5.88. The lowest BCUT2D eigenvalue weighted by Crippen LogP contribution is -1.99. The highest BCUT2D eigenvalue weighted by atomic mass is 35.5. The number of nitrogens with zero attached hydrogens (tertiary/aromatic N) is 1. The average Bonchev–Trinajstić information content (AvgIpc) is 3.03. The standard InChI is InChI=1S/C17H15ClN2O2/c1-21-15-8-6-14(7-9-15)19-11-17-20-10-16(22-17)12-2-4-13(18)5-3-12/h2-10,19H,11H2,1H3. The van der Waals surface area contributed by atoms with Crippen molar-refractivity contribution in [1.82, 2.24) is 4.98 Å². The highest BCUT2D eigenvalue weighted by molar-refractivity contribution is 6.30. The van der Waals surface area contributed by atoms with Gasteiger partial charge in [0.2, 0.25) is 5.89 Å². The van der Waals surface area contributed by atoms with Crippen molar-refractivity contribution in [1.29, 1.82) is 0 Å². The lowest BCUT2D eigenvalue weighted by molar-refractivity contribution is 0.415. The van der Waals surface area contributed by atoms with E-state index in [9.17, 15) is 0 Å². The lowest BCUT2D eigenvalue weighted by atomic mass is 10.2. The van der Waals surface area contributed by atoms with Gasteiger partial charge in [-0.2, -0.15) is 0 Å². The second kappa shape index (κ2) is 6.54. The Balaban J connectivity index is 1.65. The van der Waals surface area contributed by atoms with E-state index in [1.807, 2.05) is 48.5 Å². The second-order valence-electron chi connectivity index (χ2n) is 4.71. The predicted molar refractivity (Wildman–Crippen MR) is 87.3 cm³/mol. The summed E-state index contributed by atoms with van der Waals surface area (Å²) in [6.45, 7) is 0.514. The van der Waals surface area contributed by atoms with E-state index in [1.54, 1.807) is 13.3 Å². The van der Waals surface area contributed by atoms with Crippen LogP contribution >= 0.6 is 11.6 Å². The Kier molecular flexibility index (Phi) is 4.30. The number of hydrogen-bond acceptors (Lipinski definition) is 4. The molecule has 0 saturated carbocycles. The summed E-state index contributed by atoms with van der Waals surface area (Å²) in [7, 11) is 1.65. The maximum Gasteiger partial charge on any atom is 0.214 e. The number of rotatable bonds is 5. The molecule has 0 fully saturated rings.